The molecule has 3 nitrogen and oxygen atoms in total. The Kier molecular flexibility index (Phi) is 3.64. The summed E-state index contributed by atoms with van der Waals surface area (Å²) in [6, 6.07) is 0. The smallest absolute Gasteiger partial charge is 0.422 e. The van der Waals surface area contributed by atoms with Crippen molar-refractivity contribution in [3.63, 3.8) is 0 Å². The molecule has 0 atom stereocenters. The van der Waals surface area contributed by atoms with Crippen LogP contribution in [0, 0.1) is 0 Å². The minimum Gasteiger partial charge on any atom is -0.481 e. The molecular formula is C9H6F5NO2. The van der Waals surface area contributed by atoms with E-state index in [1.807, 2.05) is 0 Å². The van der Waals surface area contributed by atoms with Crippen LogP contribution in [0.5, 0.6) is 5.88 Å². The quantitative estimate of drug-likeness (QED) is 0.615. The van der Waals surface area contributed by atoms with Gasteiger partial charge in [0, 0.05) is 17.3 Å². The highest BCUT2D eigenvalue weighted by Crippen LogP contribution is 2.42. The molecule has 0 spiro atoms. The summed E-state index contributed by atoms with van der Waals surface area (Å²) in [7, 11) is 0.868. The molecule has 0 aromatic carbocycles. The number of methoxy groups -OCH3 is 1. The molecule has 8 heteroatoms. The van der Waals surface area contributed by atoms with Crippen molar-refractivity contribution >= 4 is 6.29 Å². The number of alkyl halides is 5. The lowest BCUT2D eigenvalue weighted by molar-refractivity contribution is -0.141. The maximum absolute atomic E-state index is 12.6. The van der Waals surface area contributed by atoms with E-state index in [1.54, 1.807) is 0 Å². The van der Waals surface area contributed by atoms with Gasteiger partial charge in [-0.2, -0.15) is 13.2 Å². The Morgan fingerprint density at radius 3 is 2.35 bits per heavy atom. The Morgan fingerprint density at radius 2 is 2.00 bits per heavy atom. The first-order valence-electron chi connectivity index (χ1n) is 4.20. The van der Waals surface area contributed by atoms with Gasteiger partial charge in [-0.15, -0.1) is 0 Å². The number of hydrogen-bond donors (Lipinski definition) is 0. The SMILES string of the molecule is COc1ncc(C=O)c(C(F)F)c1C(F)(F)F. The average Bonchev–Trinajstić information content (AvgIpc) is 2.25. The Morgan fingerprint density at radius 1 is 1.41 bits per heavy atom. The van der Waals surface area contributed by atoms with Gasteiger partial charge in [-0.3, -0.25) is 4.79 Å². The summed E-state index contributed by atoms with van der Waals surface area (Å²) in [5.41, 5.74) is -3.95. The van der Waals surface area contributed by atoms with Gasteiger partial charge in [0.15, 0.2) is 6.29 Å². The molecule has 0 saturated carbocycles. The van der Waals surface area contributed by atoms with Crippen LogP contribution in [0.3, 0.4) is 0 Å². The lowest BCUT2D eigenvalue weighted by Gasteiger charge is -2.16. The van der Waals surface area contributed by atoms with Gasteiger partial charge in [0.05, 0.1) is 7.11 Å². The van der Waals surface area contributed by atoms with E-state index < -0.39 is 35.2 Å². The van der Waals surface area contributed by atoms with E-state index in [0.29, 0.717) is 6.20 Å². The fourth-order valence-electron chi connectivity index (χ4n) is 1.28. The highest BCUT2D eigenvalue weighted by molar-refractivity contribution is 5.78. The van der Waals surface area contributed by atoms with Crippen molar-refractivity contribution in [2.45, 2.75) is 12.6 Å². The van der Waals surface area contributed by atoms with Crippen LogP contribution < -0.4 is 4.74 Å². The summed E-state index contributed by atoms with van der Waals surface area (Å²) in [6.07, 6.45) is -8.03. The Bertz CT molecular complexity index is 430. The third-order valence-electron chi connectivity index (χ3n) is 1.94. The predicted octanol–water partition coefficient (Wildman–Crippen LogP) is 2.86. The number of nitrogens with zero attached hydrogens (tertiary/aromatic N) is 1. The number of rotatable bonds is 3. The van der Waals surface area contributed by atoms with Crippen LogP contribution in [0.15, 0.2) is 6.20 Å². The molecule has 17 heavy (non-hydrogen) atoms. The van der Waals surface area contributed by atoms with Crippen LogP contribution in [0.4, 0.5) is 22.0 Å². The number of carbonyl (C=O) groups excluding carboxylic acids is 1. The fourth-order valence-corrected chi connectivity index (χ4v) is 1.28. The van der Waals surface area contributed by atoms with E-state index in [4.69, 9.17) is 0 Å². The van der Waals surface area contributed by atoms with Gasteiger partial charge in [-0.25, -0.2) is 13.8 Å². The molecule has 0 unspecified atom stereocenters. The first-order valence-corrected chi connectivity index (χ1v) is 4.20. The molecule has 0 amide bonds. The minimum atomic E-state index is -5.08. The van der Waals surface area contributed by atoms with Gasteiger partial charge in [0.2, 0.25) is 5.88 Å². The third-order valence-corrected chi connectivity index (χ3v) is 1.94. The van der Waals surface area contributed by atoms with E-state index in [1.165, 1.54) is 0 Å². The van der Waals surface area contributed by atoms with Crippen LogP contribution in [0.25, 0.3) is 0 Å². The predicted molar refractivity (Wildman–Crippen MR) is 46.1 cm³/mol. The largest absolute Gasteiger partial charge is 0.481 e. The molecule has 1 aromatic rings. The number of ether oxygens (including phenoxy) is 1. The van der Waals surface area contributed by atoms with Crippen LogP contribution in [0.2, 0.25) is 0 Å². The van der Waals surface area contributed by atoms with Crippen molar-refractivity contribution in [1.29, 1.82) is 0 Å². The number of aromatic nitrogens is 1. The van der Waals surface area contributed by atoms with E-state index in [9.17, 15) is 26.7 Å². The van der Waals surface area contributed by atoms with Gasteiger partial charge in [0.25, 0.3) is 6.43 Å². The fraction of sp³-hybridized carbons (Fsp3) is 0.333. The normalized spacial score (nSPS) is 11.7. The molecule has 0 saturated heterocycles. The molecular weight excluding hydrogens is 249 g/mol. The highest BCUT2D eigenvalue weighted by atomic mass is 19.4. The zero-order valence-electron chi connectivity index (χ0n) is 8.39. The van der Waals surface area contributed by atoms with Gasteiger partial charge in [-0.1, -0.05) is 0 Å². The van der Waals surface area contributed by atoms with Crippen LogP contribution in [0.1, 0.15) is 27.9 Å². The second-order valence-electron chi connectivity index (χ2n) is 2.93. The zero-order chi connectivity index (χ0) is 13.2. The third kappa shape index (κ3) is 2.51. The maximum Gasteiger partial charge on any atom is 0.422 e. The Labute approximate surface area is 92.2 Å². The van der Waals surface area contributed by atoms with E-state index in [2.05, 4.69) is 9.72 Å². The van der Waals surface area contributed by atoms with Gasteiger partial charge in [0.1, 0.15) is 5.56 Å². The molecule has 0 aliphatic carbocycles. The lowest BCUT2D eigenvalue weighted by Crippen LogP contribution is -2.15. The summed E-state index contributed by atoms with van der Waals surface area (Å²) in [6.45, 7) is 0. The molecule has 0 bridgehead atoms. The summed E-state index contributed by atoms with van der Waals surface area (Å²) in [5.74, 6) is -0.988. The molecule has 1 rings (SSSR count). The van der Waals surface area contributed by atoms with Crippen LogP contribution in [-0.4, -0.2) is 18.4 Å². The Hall–Kier alpha value is -1.73. The highest BCUT2D eigenvalue weighted by Gasteiger charge is 2.41. The Balaban J connectivity index is 3.65. The van der Waals surface area contributed by atoms with Crippen LogP contribution >= 0.6 is 0 Å². The van der Waals surface area contributed by atoms with Crippen LogP contribution in [-0.2, 0) is 6.18 Å². The maximum atomic E-state index is 12.6. The molecule has 0 aliphatic rings. The standard InChI is InChI=1S/C9H6F5NO2/c1-17-8-6(9(12,13)14)5(7(10)11)4(3-16)2-15-8/h2-3,7H,1H3. The minimum absolute atomic E-state index is 0.108. The monoisotopic (exact) mass is 255 g/mol. The molecule has 0 aliphatic heterocycles. The van der Waals surface area contributed by atoms with Gasteiger partial charge < -0.3 is 4.74 Å². The molecule has 0 fully saturated rings. The molecule has 0 N–H and O–H groups in total. The molecule has 1 heterocycles. The molecule has 94 valence electrons. The van der Waals surface area contributed by atoms with Crippen molar-refractivity contribution in [2.24, 2.45) is 0 Å². The number of aldehydes is 1. The average molecular weight is 255 g/mol. The first-order chi connectivity index (χ1) is 7.82. The van der Waals surface area contributed by atoms with E-state index >= 15 is 0 Å². The zero-order valence-corrected chi connectivity index (χ0v) is 8.39. The number of halogens is 5. The van der Waals surface area contributed by atoms with Crippen molar-refractivity contribution in [3.8, 4) is 5.88 Å². The second kappa shape index (κ2) is 4.64. The summed E-state index contributed by atoms with van der Waals surface area (Å²) < 4.78 is 67.3. The van der Waals surface area contributed by atoms with E-state index in [-0.39, 0.29) is 6.29 Å². The van der Waals surface area contributed by atoms with Crippen molar-refractivity contribution < 1.29 is 31.5 Å². The van der Waals surface area contributed by atoms with Gasteiger partial charge in [-0.05, 0) is 0 Å². The van der Waals surface area contributed by atoms with Gasteiger partial charge >= 0.3 is 6.18 Å². The summed E-state index contributed by atoms with van der Waals surface area (Å²) in [4.78, 5) is 13.6. The number of hydrogen-bond acceptors (Lipinski definition) is 3. The second-order valence-corrected chi connectivity index (χ2v) is 2.93. The first kappa shape index (κ1) is 13.3. The topological polar surface area (TPSA) is 39.2 Å². The lowest BCUT2D eigenvalue weighted by atomic mass is 10.0. The van der Waals surface area contributed by atoms with Crippen molar-refractivity contribution in [2.75, 3.05) is 7.11 Å². The van der Waals surface area contributed by atoms with Crippen molar-refractivity contribution in [1.82, 2.24) is 4.98 Å². The summed E-state index contributed by atoms with van der Waals surface area (Å²) >= 11 is 0. The van der Waals surface area contributed by atoms with E-state index in [0.717, 1.165) is 7.11 Å². The number of pyridine rings is 1. The molecule has 1 aromatic heterocycles. The number of carbonyl (C=O) groups is 1. The molecule has 0 radical (unpaired) electrons. The van der Waals surface area contributed by atoms with Crippen molar-refractivity contribution in [3.05, 3.63) is 22.9 Å². The summed E-state index contributed by atoms with van der Waals surface area (Å²) in [5, 5.41) is 0.